The van der Waals surface area contributed by atoms with Crippen molar-refractivity contribution in [2.24, 2.45) is 0 Å². The van der Waals surface area contributed by atoms with Crippen LogP contribution in [0.15, 0.2) is 6.07 Å². The average Bonchev–Trinajstić information content (AvgIpc) is 2.88. The van der Waals surface area contributed by atoms with Gasteiger partial charge in [0.15, 0.2) is 0 Å². The molecule has 0 saturated heterocycles. The van der Waals surface area contributed by atoms with Crippen LogP contribution in [0.3, 0.4) is 0 Å². The normalized spacial score (nSPS) is 15.9. The van der Waals surface area contributed by atoms with Gasteiger partial charge in [-0.25, -0.2) is 9.97 Å². The maximum absolute atomic E-state index is 8.83. The number of rotatable bonds is 5. The lowest BCUT2D eigenvalue weighted by atomic mass is 10.2. The first-order chi connectivity index (χ1) is 8.70. The van der Waals surface area contributed by atoms with E-state index in [2.05, 4.69) is 27.2 Å². The van der Waals surface area contributed by atoms with Gasteiger partial charge in [-0.1, -0.05) is 12.8 Å². The number of aliphatic hydroxyl groups is 1. The molecular formula is C13H22N4O. The molecule has 1 aliphatic carbocycles. The topological polar surface area (TPSA) is 61.3 Å². The van der Waals surface area contributed by atoms with Crippen LogP contribution in [0, 0.1) is 6.92 Å². The minimum absolute atomic E-state index is 0.108. The molecular weight excluding hydrogens is 228 g/mol. The van der Waals surface area contributed by atoms with E-state index in [0.717, 1.165) is 17.5 Å². The third kappa shape index (κ3) is 3.10. The number of hydrogen-bond donors (Lipinski definition) is 2. The van der Waals surface area contributed by atoms with Gasteiger partial charge >= 0.3 is 0 Å². The molecule has 0 atom stereocenters. The smallest absolute Gasteiger partial charge is 0.134 e. The summed E-state index contributed by atoms with van der Waals surface area (Å²) < 4.78 is 0. The fourth-order valence-electron chi connectivity index (χ4n) is 2.49. The van der Waals surface area contributed by atoms with Gasteiger partial charge in [0.1, 0.15) is 17.5 Å². The molecule has 1 aromatic heterocycles. The van der Waals surface area contributed by atoms with Gasteiger partial charge in [0.05, 0.1) is 6.61 Å². The SMILES string of the molecule is Cc1nc(NCCO)cc(N(C)C2CCCC2)n1. The first kappa shape index (κ1) is 13.1. The molecule has 0 bridgehead atoms. The van der Waals surface area contributed by atoms with Gasteiger partial charge in [0, 0.05) is 25.7 Å². The van der Waals surface area contributed by atoms with Crippen LogP contribution < -0.4 is 10.2 Å². The summed E-state index contributed by atoms with van der Waals surface area (Å²) in [4.78, 5) is 11.1. The van der Waals surface area contributed by atoms with Crippen LogP contribution in [0.2, 0.25) is 0 Å². The minimum Gasteiger partial charge on any atom is -0.395 e. The number of nitrogens with zero attached hydrogens (tertiary/aromatic N) is 3. The highest BCUT2D eigenvalue weighted by Crippen LogP contribution is 2.26. The van der Waals surface area contributed by atoms with Crippen LogP contribution >= 0.6 is 0 Å². The van der Waals surface area contributed by atoms with Crippen LogP contribution in [0.5, 0.6) is 0 Å². The van der Waals surface area contributed by atoms with Crippen molar-refractivity contribution in [3.63, 3.8) is 0 Å². The first-order valence-electron chi connectivity index (χ1n) is 6.64. The number of anilines is 2. The summed E-state index contributed by atoms with van der Waals surface area (Å²) in [6, 6.07) is 2.56. The van der Waals surface area contributed by atoms with Crippen LogP contribution in [-0.2, 0) is 0 Å². The largest absolute Gasteiger partial charge is 0.395 e. The Morgan fingerprint density at radius 1 is 1.39 bits per heavy atom. The van der Waals surface area contributed by atoms with Gasteiger partial charge < -0.3 is 15.3 Å². The van der Waals surface area contributed by atoms with Crippen LogP contribution in [0.4, 0.5) is 11.6 Å². The van der Waals surface area contributed by atoms with E-state index in [9.17, 15) is 0 Å². The summed E-state index contributed by atoms with van der Waals surface area (Å²) in [6.07, 6.45) is 5.13. The Hall–Kier alpha value is -1.36. The molecule has 18 heavy (non-hydrogen) atoms. The average molecular weight is 250 g/mol. The van der Waals surface area contributed by atoms with Crippen molar-refractivity contribution in [3.8, 4) is 0 Å². The molecule has 1 heterocycles. The second-order valence-corrected chi connectivity index (χ2v) is 4.86. The molecule has 0 unspecified atom stereocenters. The Kier molecular flexibility index (Phi) is 4.36. The van der Waals surface area contributed by atoms with Crippen LogP contribution in [0.1, 0.15) is 31.5 Å². The molecule has 0 amide bonds. The monoisotopic (exact) mass is 250 g/mol. The summed E-state index contributed by atoms with van der Waals surface area (Å²) in [7, 11) is 2.10. The minimum atomic E-state index is 0.108. The molecule has 1 aliphatic rings. The molecule has 1 fully saturated rings. The van der Waals surface area contributed by atoms with Crippen molar-refractivity contribution in [1.82, 2.24) is 9.97 Å². The molecule has 0 aromatic carbocycles. The van der Waals surface area contributed by atoms with Crippen molar-refractivity contribution < 1.29 is 5.11 Å². The molecule has 0 spiro atoms. The Balaban J connectivity index is 2.13. The summed E-state index contributed by atoms with van der Waals surface area (Å²) in [5.74, 6) is 2.52. The van der Waals surface area contributed by atoms with E-state index in [1.807, 2.05) is 13.0 Å². The zero-order valence-electron chi connectivity index (χ0n) is 11.2. The van der Waals surface area contributed by atoms with Gasteiger partial charge in [0.2, 0.25) is 0 Å². The van der Waals surface area contributed by atoms with Crippen LogP contribution in [0.25, 0.3) is 0 Å². The lowest BCUT2D eigenvalue weighted by molar-refractivity contribution is 0.311. The lowest BCUT2D eigenvalue weighted by Gasteiger charge is -2.25. The molecule has 5 heteroatoms. The third-order valence-corrected chi connectivity index (χ3v) is 3.48. The summed E-state index contributed by atoms with van der Waals surface area (Å²) >= 11 is 0. The quantitative estimate of drug-likeness (QED) is 0.830. The summed E-state index contributed by atoms with van der Waals surface area (Å²) in [5.41, 5.74) is 0. The van der Waals surface area contributed by atoms with E-state index < -0.39 is 0 Å². The Bertz CT molecular complexity index is 391. The van der Waals surface area contributed by atoms with E-state index in [-0.39, 0.29) is 6.61 Å². The highest BCUT2D eigenvalue weighted by atomic mass is 16.3. The standard InChI is InChI=1S/C13H22N4O/c1-10-15-12(14-7-8-18)9-13(16-10)17(2)11-5-3-4-6-11/h9,11,18H,3-8H2,1-2H3,(H,14,15,16). The molecule has 2 N–H and O–H groups in total. The van der Waals surface area contributed by atoms with Crippen molar-refractivity contribution in [2.75, 3.05) is 30.4 Å². The molecule has 100 valence electrons. The molecule has 1 saturated carbocycles. The zero-order valence-corrected chi connectivity index (χ0v) is 11.2. The van der Waals surface area contributed by atoms with Gasteiger partial charge in [-0.05, 0) is 19.8 Å². The predicted octanol–water partition coefficient (Wildman–Crippen LogP) is 1.57. The number of nitrogens with one attached hydrogen (secondary N) is 1. The van der Waals surface area contributed by atoms with Crippen molar-refractivity contribution in [3.05, 3.63) is 11.9 Å². The second-order valence-electron chi connectivity index (χ2n) is 4.86. The fourth-order valence-corrected chi connectivity index (χ4v) is 2.49. The van der Waals surface area contributed by atoms with E-state index in [1.54, 1.807) is 0 Å². The third-order valence-electron chi connectivity index (χ3n) is 3.48. The zero-order chi connectivity index (χ0) is 13.0. The number of aliphatic hydroxyl groups excluding tert-OH is 1. The van der Waals surface area contributed by atoms with E-state index in [0.29, 0.717) is 12.6 Å². The van der Waals surface area contributed by atoms with Gasteiger partial charge in [-0.2, -0.15) is 0 Å². The van der Waals surface area contributed by atoms with Gasteiger partial charge in [-0.15, -0.1) is 0 Å². The molecule has 0 aliphatic heterocycles. The van der Waals surface area contributed by atoms with E-state index >= 15 is 0 Å². The lowest BCUT2D eigenvalue weighted by Crippen LogP contribution is -2.30. The summed E-state index contributed by atoms with van der Waals surface area (Å²) in [5, 5.41) is 11.9. The Labute approximate surface area is 108 Å². The molecule has 2 rings (SSSR count). The van der Waals surface area contributed by atoms with Crippen LogP contribution in [-0.4, -0.2) is 41.3 Å². The Morgan fingerprint density at radius 2 is 2.11 bits per heavy atom. The number of hydrogen-bond acceptors (Lipinski definition) is 5. The maximum Gasteiger partial charge on any atom is 0.134 e. The van der Waals surface area contributed by atoms with Crippen molar-refractivity contribution in [1.29, 1.82) is 0 Å². The Morgan fingerprint density at radius 3 is 2.78 bits per heavy atom. The highest BCUT2D eigenvalue weighted by molar-refractivity contribution is 5.49. The first-order valence-corrected chi connectivity index (χ1v) is 6.64. The molecule has 1 aromatic rings. The van der Waals surface area contributed by atoms with E-state index in [4.69, 9.17) is 5.11 Å². The van der Waals surface area contributed by atoms with E-state index in [1.165, 1.54) is 25.7 Å². The van der Waals surface area contributed by atoms with Gasteiger partial charge in [-0.3, -0.25) is 0 Å². The number of aryl methyl sites for hydroxylation is 1. The van der Waals surface area contributed by atoms with Crippen molar-refractivity contribution in [2.45, 2.75) is 38.6 Å². The maximum atomic E-state index is 8.83. The number of aromatic nitrogens is 2. The molecule has 0 radical (unpaired) electrons. The molecule has 5 nitrogen and oxygen atoms in total. The summed E-state index contributed by atoms with van der Waals surface area (Å²) in [6.45, 7) is 2.52. The van der Waals surface area contributed by atoms with Crippen molar-refractivity contribution >= 4 is 11.6 Å². The predicted molar refractivity (Wildman–Crippen MR) is 73.0 cm³/mol. The highest BCUT2D eigenvalue weighted by Gasteiger charge is 2.21. The van der Waals surface area contributed by atoms with Gasteiger partial charge in [0.25, 0.3) is 0 Å². The fraction of sp³-hybridized carbons (Fsp3) is 0.692. The second kappa shape index (κ2) is 6.00.